The van der Waals surface area contributed by atoms with Crippen molar-refractivity contribution in [3.05, 3.63) is 83.9 Å². The zero-order valence-corrected chi connectivity index (χ0v) is 17.9. The summed E-state index contributed by atoms with van der Waals surface area (Å²) >= 11 is 0. The number of hydrogen-bond donors (Lipinski definition) is 2. The predicted molar refractivity (Wildman–Crippen MR) is 119 cm³/mol. The normalized spacial score (nSPS) is 11.5. The Balaban J connectivity index is 1.70. The van der Waals surface area contributed by atoms with Crippen molar-refractivity contribution in [1.29, 1.82) is 0 Å². The third kappa shape index (κ3) is 6.52. The maximum Gasteiger partial charge on any atom is 0.241 e. The summed E-state index contributed by atoms with van der Waals surface area (Å²) in [6, 6.07) is 12.8. The fraction of sp³-hybridized carbons (Fsp3) is 0.292. The fourth-order valence-corrected chi connectivity index (χ4v) is 3.29. The zero-order valence-electron chi connectivity index (χ0n) is 17.9. The third-order valence-corrected chi connectivity index (χ3v) is 4.96. The third-order valence-electron chi connectivity index (χ3n) is 4.96. The maximum atomic E-state index is 13.1. The minimum atomic E-state index is -0.559. The molecule has 1 unspecified atom stereocenters. The van der Waals surface area contributed by atoms with E-state index in [9.17, 15) is 4.79 Å². The van der Waals surface area contributed by atoms with Gasteiger partial charge in [0.05, 0.1) is 14.2 Å². The molecule has 0 saturated carbocycles. The van der Waals surface area contributed by atoms with E-state index in [1.54, 1.807) is 38.9 Å². The van der Waals surface area contributed by atoms with E-state index < -0.39 is 6.04 Å². The van der Waals surface area contributed by atoms with Gasteiger partial charge in [0.25, 0.3) is 0 Å². The summed E-state index contributed by atoms with van der Waals surface area (Å²) in [5.41, 5.74) is 2.99. The molecule has 0 aliphatic carbocycles. The first kappa shape index (κ1) is 22.2. The largest absolute Gasteiger partial charge is 0.497 e. The van der Waals surface area contributed by atoms with Gasteiger partial charge in [-0.15, -0.1) is 0 Å². The molecule has 2 heterocycles. The Morgan fingerprint density at radius 2 is 1.74 bits per heavy atom. The number of methoxy groups -OCH3 is 2. The second-order valence-corrected chi connectivity index (χ2v) is 7.00. The molecule has 1 amide bonds. The highest BCUT2D eigenvalue weighted by Crippen LogP contribution is 2.29. The van der Waals surface area contributed by atoms with Gasteiger partial charge in [-0.25, -0.2) is 0 Å². The summed E-state index contributed by atoms with van der Waals surface area (Å²) < 4.78 is 10.8. The van der Waals surface area contributed by atoms with Crippen molar-refractivity contribution in [3.63, 3.8) is 0 Å². The Kier molecular flexibility index (Phi) is 8.37. The van der Waals surface area contributed by atoms with Gasteiger partial charge in [-0.3, -0.25) is 14.8 Å². The first-order valence-electron chi connectivity index (χ1n) is 10.2. The summed E-state index contributed by atoms with van der Waals surface area (Å²) in [6.45, 7) is 1.14. The van der Waals surface area contributed by atoms with Crippen LogP contribution in [0.15, 0.2) is 67.3 Å². The van der Waals surface area contributed by atoms with Crippen LogP contribution in [0.2, 0.25) is 0 Å². The molecular formula is C24H28N4O3. The number of nitrogens with one attached hydrogen (secondary N) is 2. The molecule has 1 atom stereocenters. The van der Waals surface area contributed by atoms with Crippen LogP contribution in [0.1, 0.15) is 22.7 Å². The minimum absolute atomic E-state index is 0.109. The smallest absolute Gasteiger partial charge is 0.241 e. The van der Waals surface area contributed by atoms with Crippen molar-refractivity contribution >= 4 is 5.91 Å². The number of pyridine rings is 2. The van der Waals surface area contributed by atoms with E-state index in [-0.39, 0.29) is 5.91 Å². The van der Waals surface area contributed by atoms with Crippen LogP contribution in [0.4, 0.5) is 0 Å². The first-order chi connectivity index (χ1) is 15.2. The molecule has 0 fully saturated rings. The lowest BCUT2D eigenvalue weighted by Crippen LogP contribution is -2.39. The van der Waals surface area contributed by atoms with Crippen molar-refractivity contribution in [2.24, 2.45) is 0 Å². The first-order valence-corrected chi connectivity index (χ1v) is 10.2. The van der Waals surface area contributed by atoms with Gasteiger partial charge in [-0.2, -0.15) is 0 Å². The molecule has 0 spiro atoms. The zero-order chi connectivity index (χ0) is 21.9. The van der Waals surface area contributed by atoms with Gasteiger partial charge in [0.1, 0.15) is 17.5 Å². The lowest BCUT2D eigenvalue weighted by molar-refractivity contribution is -0.123. The summed E-state index contributed by atoms with van der Waals surface area (Å²) in [4.78, 5) is 21.3. The summed E-state index contributed by atoms with van der Waals surface area (Å²) in [6.07, 6.45) is 8.57. The molecule has 7 heteroatoms. The average molecular weight is 421 g/mol. The lowest BCUT2D eigenvalue weighted by atomic mass is 10.0. The highest BCUT2D eigenvalue weighted by Gasteiger charge is 2.23. The molecule has 0 radical (unpaired) electrons. The monoisotopic (exact) mass is 420 g/mol. The number of carbonyl (C=O) groups excluding carboxylic acids is 1. The number of rotatable bonds is 11. The molecule has 2 aromatic heterocycles. The molecule has 0 bridgehead atoms. The Bertz CT molecular complexity index is 952. The lowest BCUT2D eigenvalue weighted by Gasteiger charge is -2.21. The molecule has 3 rings (SSSR count). The number of benzene rings is 1. The predicted octanol–water partition coefficient (Wildman–Crippen LogP) is 2.73. The van der Waals surface area contributed by atoms with Crippen LogP contribution >= 0.6 is 0 Å². The standard InChI is InChI=1S/C24H28N4O3/c1-30-20-5-6-21(22(16-20)31-2)23(27-14-9-18-7-12-25-13-8-18)24(29)28-15-10-19-4-3-11-26-17-19/h3-8,11-13,16-17,23,27H,9-10,14-15H2,1-2H3,(H,28,29). The van der Waals surface area contributed by atoms with E-state index in [1.165, 1.54) is 0 Å². The molecule has 2 N–H and O–H groups in total. The Morgan fingerprint density at radius 3 is 2.45 bits per heavy atom. The summed E-state index contributed by atoms with van der Waals surface area (Å²) in [5, 5.41) is 6.41. The van der Waals surface area contributed by atoms with Crippen LogP contribution in [-0.4, -0.2) is 43.2 Å². The molecule has 0 saturated heterocycles. The maximum absolute atomic E-state index is 13.1. The molecule has 0 aliphatic rings. The highest BCUT2D eigenvalue weighted by atomic mass is 16.5. The molecule has 7 nitrogen and oxygen atoms in total. The topological polar surface area (TPSA) is 85.4 Å². The van der Waals surface area contributed by atoms with Gasteiger partial charge >= 0.3 is 0 Å². The Hall–Kier alpha value is -3.45. The Morgan fingerprint density at radius 1 is 0.935 bits per heavy atom. The summed E-state index contributed by atoms with van der Waals surface area (Å²) in [7, 11) is 3.19. The van der Waals surface area contributed by atoms with Crippen LogP contribution < -0.4 is 20.1 Å². The van der Waals surface area contributed by atoms with Gasteiger partial charge < -0.3 is 20.1 Å². The van der Waals surface area contributed by atoms with E-state index >= 15 is 0 Å². The molecule has 0 aliphatic heterocycles. The Labute approximate surface area is 182 Å². The van der Waals surface area contributed by atoms with Crippen LogP contribution in [0.3, 0.4) is 0 Å². The van der Waals surface area contributed by atoms with Gasteiger partial charge in [-0.05, 0) is 54.3 Å². The number of amides is 1. The van der Waals surface area contributed by atoms with Crippen molar-refractivity contribution in [3.8, 4) is 11.5 Å². The van der Waals surface area contributed by atoms with E-state index in [2.05, 4.69) is 20.6 Å². The molecule has 3 aromatic rings. The molecule has 1 aromatic carbocycles. The summed E-state index contributed by atoms with van der Waals surface area (Å²) in [5.74, 6) is 1.17. The van der Waals surface area contributed by atoms with Crippen LogP contribution in [0.25, 0.3) is 0 Å². The van der Waals surface area contributed by atoms with Gasteiger partial charge in [-0.1, -0.05) is 6.07 Å². The fourth-order valence-electron chi connectivity index (χ4n) is 3.29. The van der Waals surface area contributed by atoms with Gasteiger partial charge in [0.15, 0.2) is 0 Å². The number of ether oxygens (including phenoxy) is 2. The van der Waals surface area contributed by atoms with Crippen molar-refractivity contribution in [2.75, 3.05) is 27.3 Å². The van der Waals surface area contributed by atoms with Crippen LogP contribution in [0, 0.1) is 0 Å². The number of hydrogen-bond acceptors (Lipinski definition) is 6. The average Bonchev–Trinajstić information content (AvgIpc) is 2.83. The number of carbonyl (C=O) groups is 1. The van der Waals surface area contributed by atoms with E-state index in [0.717, 1.165) is 23.1 Å². The van der Waals surface area contributed by atoms with E-state index in [0.29, 0.717) is 31.0 Å². The molecule has 31 heavy (non-hydrogen) atoms. The molecule has 162 valence electrons. The van der Waals surface area contributed by atoms with Crippen LogP contribution in [-0.2, 0) is 17.6 Å². The quantitative estimate of drug-likeness (QED) is 0.496. The number of aromatic nitrogens is 2. The van der Waals surface area contributed by atoms with Gasteiger partial charge in [0, 0.05) is 49.5 Å². The van der Waals surface area contributed by atoms with E-state index in [1.807, 2.05) is 42.6 Å². The van der Waals surface area contributed by atoms with Crippen molar-refractivity contribution in [1.82, 2.24) is 20.6 Å². The second-order valence-electron chi connectivity index (χ2n) is 7.00. The second kappa shape index (κ2) is 11.7. The van der Waals surface area contributed by atoms with E-state index in [4.69, 9.17) is 9.47 Å². The highest BCUT2D eigenvalue weighted by molar-refractivity contribution is 5.84. The van der Waals surface area contributed by atoms with Crippen molar-refractivity contribution < 1.29 is 14.3 Å². The van der Waals surface area contributed by atoms with Crippen molar-refractivity contribution in [2.45, 2.75) is 18.9 Å². The SMILES string of the molecule is COc1ccc(C(NCCc2ccncc2)C(=O)NCCc2cccnc2)c(OC)c1. The molecular weight excluding hydrogens is 392 g/mol. The number of nitrogens with zero attached hydrogens (tertiary/aromatic N) is 2. The minimum Gasteiger partial charge on any atom is -0.497 e. The van der Waals surface area contributed by atoms with Crippen LogP contribution in [0.5, 0.6) is 11.5 Å². The van der Waals surface area contributed by atoms with Gasteiger partial charge in [0.2, 0.25) is 5.91 Å².